The minimum Gasteiger partial charge on any atom is -0.496 e. The molecule has 0 aliphatic heterocycles. The van der Waals surface area contributed by atoms with E-state index >= 15 is 0 Å². The smallest absolute Gasteiger partial charge is 0.187 e. The second kappa shape index (κ2) is 5.45. The molecule has 9 heteroatoms. The first-order chi connectivity index (χ1) is 9.42. The van der Waals surface area contributed by atoms with Gasteiger partial charge in [-0.3, -0.25) is 0 Å². The van der Waals surface area contributed by atoms with Crippen LogP contribution in [0.2, 0.25) is 0 Å². The number of rotatable bonds is 5. The maximum absolute atomic E-state index is 11.2. The van der Waals surface area contributed by atoms with Crippen molar-refractivity contribution in [3.63, 3.8) is 0 Å². The van der Waals surface area contributed by atoms with Gasteiger partial charge in [0.05, 0.1) is 25.0 Å². The number of nitrogens with two attached hydrogens (primary N) is 1. The van der Waals surface area contributed by atoms with E-state index in [-0.39, 0.29) is 12.3 Å². The predicted molar refractivity (Wildman–Crippen MR) is 73.9 cm³/mol. The van der Waals surface area contributed by atoms with Crippen LogP contribution in [0.1, 0.15) is 0 Å². The van der Waals surface area contributed by atoms with Crippen molar-refractivity contribution in [2.75, 3.05) is 24.9 Å². The van der Waals surface area contributed by atoms with Crippen LogP contribution in [0.3, 0.4) is 0 Å². The van der Waals surface area contributed by atoms with Gasteiger partial charge in [0.1, 0.15) is 15.6 Å². The van der Waals surface area contributed by atoms with Crippen molar-refractivity contribution in [2.24, 2.45) is 0 Å². The van der Waals surface area contributed by atoms with E-state index in [0.29, 0.717) is 22.8 Å². The highest BCUT2D eigenvalue weighted by Gasteiger charge is 2.17. The van der Waals surface area contributed by atoms with E-state index in [2.05, 4.69) is 15.5 Å². The van der Waals surface area contributed by atoms with Crippen LogP contribution >= 0.6 is 0 Å². The van der Waals surface area contributed by atoms with Crippen LogP contribution < -0.4 is 10.5 Å². The number of nitrogens with zero attached hydrogens (tertiary/aromatic N) is 4. The SMILES string of the molecule is COc1cccc(N)c1-c1nnnn1CCS(C)(=O)=O. The molecule has 0 fully saturated rings. The molecule has 8 nitrogen and oxygen atoms in total. The Hall–Kier alpha value is -2.16. The molecule has 2 aromatic rings. The zero-order valence-electron chi connectivity index (χ0n) is 11.1. The number of aryl methyl sites for hydroxylation is 1. The third-order valence-corrected chi connectivity index (χ3v) is 3.63. The molecule has 0 amide bonds. The van der Waals surface area contributed by atoms with Gasteiger partial charge >= 0.3 is 0 Å². The maximum atomic E-state index is 11.2. The molecule has 0 aliphatic carbocycles. The monoisotopic (exact) mass is 297 g/mol. The predicted octanol–water partition coefficient (Wildman–Crippen LogP) is -0.0245. The van der Waals surface area contributed by atoms with Crippen molar-refractivity contribution in [1.29, 1.82) is 0 Å². The van der Waals surface area contributed by atoms with E-state index in [1.54, 1.807) is 18.2 Å². The number of hydrogen-bond acceptors (Lipinski definition) is 7. The molecule has 2 N–H and O–H groups in total. The van der Waals surface area contributed by atoms with Crippen LogP contribution in [0.15, 0.2) is 18.2 Å². The van der Waals surface area contributed by atoms with Gasteiger partial charge in [0.25, 0.3) is 0 Å². The lowest BCUT2D eigenvalue weighted by atomic mass is 10.1. The summed E-state index contributed by atoms with van der Waals surface area (Å²) < 4.78 is 29.1. The first-order valence-corrected chi connectivity index (χ1v) is 7.85. The lowest BCUT2D eigenvalue weighted by Crippen LogP contribution is -2.14. The zero-order chi connectivity index (χ0) is 14.8. The fourth-order valence-corrected chi connectivity index (χ4v) is 2.25. The Morgan fingerprint density at radius 3 is 2.80 bits per heavy atom. The molecule has 0 saturated heterocycles. The van der Waals surface area contributed by atoms with E-state index in [1.807, 2.05) is 0 Å². The molecule has 1 aromatic carbocycles. The summed E-state index contributed by atoms with van der Waals surface area (Å²) in [6, 6.07) is 5.19. The molecule has 0 aliphatic rings. The molecular formula is C11H15N5O3S. The highest BCUT2D eigenvalue weighted by atomic mass is 32.2. The summed E-state index contributed by atoms with van der Waals surface area (Å²) in [6.07, 6.45) is 1.16. The van der Waals surface area contributed by atoms with Gasteiger partial charge in [-0.05, 0) is 22.6 Å². The summed E-state index contributed by atoms with van der Waals surface area (Å²) in [4.78, 5) is 0. The van der Waals surface area contributed by atoms with Crippen LogP contribution in [0, 0.1) is 0 Å². The van der Waals surface area contributed by atoms with E-state index in [4.69, 9.17) is 10.5 Å². The largest absolute Gasteiger partial charge is 0.496 e. The Morgan fingerprint density at radius 2 is 2.15 bits per heavy atom. The Kier molecular flexibility index (Phi) is 3.89. The van der Waals surface area contributed by atoms with Crippen molar-refractivity contribution >= 4 is 15.5 Å². The maximum Gasteiger partial charge on any atom is 0.187 e. The second-order valence-corrected chi connectivity index (χ2v) is 6.54. The Morgan fingerprint density at radius 1 is 1.40 bits per heavy atom. The Labute approximate surface area is 116 Å². The van der Waals surface area contributed by atoms with Crippen molar-refractivity contribution in [1.82, 2.24) is 20.2 Å². The van der Waals surface area contributed by atoms with Gasteiger partial charge in [-0.25, -0.2) is 13.1 Å². The molecule has 108 valence electrons. The highest BCUT2D eigenvalue weighted by molar-refractivity contribution is 7.90. The van der Waals surface area contributed by atoms with E-state index in [9.17, 15) is 8.42 Å². The number of benzene rings is 1. The van der Waals surface area contributed by atoms with Crippen LogP contribution in [0.25, 0.3) is 11.4 Å². The van der Waals surface area contributed by atoms with Gasteiger partial charge < -0.3 is 10.5 Å². The first kappa shape index (κ1) is 14.3. The van der Waals surface area contributed by atoms with Crippen molar-refractivity contribution in [3.8, 4) is 17.1 Å². The van der Waals surface area contributed by atoms with E-state index < -0.39 is 9.84 Å². The molecule has 0 unspecified atom stereocenters. The average Bonchev–Trinajstić information content (AvgIpc) is 2.83. The van der Waals surface area contributed by atoms with Crippen LogP contribution in [0.4, 0.5) is 5.69 Å². The minimum atomic E-state index is -3.10. The molecule has 2 rings (SSSR count). The van der Waals surface area contributed by atoms with Crippen molar-refractivity contribution in [2.45, 2.75) is 6.54 Å². The van der Waals surface area contributed by atoms with Crippen molar-refractivity contribution in [3.05, 3.63) is 18.2 Å². The van der Waals surface area contributed by atoms with Gasteiger partial charge in [-0.1, -0.05) is 6.07 Å². The fraction of sp³-hybridized carbons (Fsp3) is 0.364. The summed E-state index contributed by atoms with van der Waals surface area (Å²) in [6.45, 7) is 0.151. The molecule has 1 aromatic heterocycles. The third kappa shape index (κ3) is 3.05. The number of aromatic nitrogens is 4. The molecular weight excluding hydrogens is 282 g/mol. The Balaban J connectivity index is 2.42. The molecule has 0 radical (unpaired) electrons. The number of nitrogen functional groups attached to an aromatic ring is 1. The van der Waals surface area contributed by atoms with Crippen molar-refractivity contribution < 1.29 is 13.2 Å². The van der Waals surface area contributed by atoms with Gasteiger partial charge in [-0.15, -0.1) is 5.10 Å². The molecule has 0 spiro atoms. The number of sulfone groups is 1. The number of anilines is 1. The van der Waals surface area contributed by atoms with Gasteiger partial charge in [0.15, 0.2) is 5.82 Å². The Bertz CT molecular complexity index is 711. The summed E-state index contributed by atoms with van der Waals surface area (Å²) >= 11 is 0. The molecule has 0 saturated carbocycles. The molecule has 0 bridgehead atoms. The number of tetrazole rings is 1. The molecule has 20 heavy (non-hydrogen) atoms. The normalized spacial score (nSPS) is 11.5. The average molecular weight is 297 g/mol. The first-order valence-electron chi connectivity index (χ1n) is 5.79. The van der Waals surface area contributed by atoms with Gasteiger partial charge in [0.2, 0.25) is 0 Å². The topological polar surface area (TPSA) is 113 Å². The highest BCUT2D eigenvalue weighted by Crippen LogP contribution is 2.33. The van der Waals surface area contributed by atoms with E-state index in [1.165, 1.54) is 11.8 Å². The third-order valence-electron chi connectivity index (χ3n) is 2.71. The van der Waals surface area contributed by atoms with Crippen LogP contribution in [-0.2, 0) is 16.4 Å². The number of hydrogen-bond donors (Lipinski definition) is 1. The van der Waals surface area contributed by atoms with Crippen LogP contribution in [0.5, 0.6) is 5.75 Å². The second-order valence-electron chi connectivity index (χ2n) is 4.28. The van der Waals surface area contributed by atoms with Crippen LogP contribution in [-0.4, -0.2) is 47.7 Å². The van der Waals surface area contributed by atoms with Gasteiger partial charge in [0, 0.05) is 11.9 Å². The number of ether oxygens (including phenoxy) is 1. The number of methoxy groups -OCH3 is 1. The molecule has 0 atom stereocenters. The standard InChI is InChI=1S/C11H15N5O3S/c1-19-9-5-3-4-8(12)10(9)11-13-14-15-16(11)6-7-20(2,17)18/h3-5H,6-7,12H2,1-2H3. The zero-order valence-corrected chi connectivity index (χ0v) is 12.0. The summed E-state index contributed by atoms with van der Waals surface area (Å²) in [5.74, 6) is 0.851. The summed E-state index contributed by atoms with van der Waals surface area (Å²) in [7, 11) is -1.59. The van der Waals surface area contributed by atoms with E-state index in [0.717, 1.165) is 6.26 Å². The lowest BCUT2D eigenvalue weighted by Gasteiger charge is -2.10. The quantitative estimate of drug-likeness (QED) is 0.771. The molecule has 1 heterocycles. The summed E-state index contributed by atoms with van der Waals surface area (Å²) in [5, 5.41) is 11.3. The lowest BCUT2D eigenvalue weighted by molar-refractivity contribution is 0.416. The fourth-order valence-electron chi connectivity index (χ4n) is 1.74. The van der Waals surface area contributed by atoms with Gasteiger partial charge in [-0.2, -0.15) is 0 Å². The summed E-state index contributed by atoms with van der Waals surface area (Å²) in [5.41, 5.74) is 6.94. The minimum absolute atomic E-state index is 0.0555.